The first-order chi connectivity index (χ1) is 9.15. The van der Waals surface area contributed by atoms with Gasteiger partial charge < -0.3 is 9.67 Å². The van der Waals surface area contributed by atoms with Gasteiger partial charge in [-0.25, -0.2) is 0 Å². The molecule has 0 atom stereocenters. The summed E-state index contributed by atoms with van der Waals surface area (Å²) in [6.45, 7) is -0.0572. The third-order valence-corrected chi connectivity index (χ3v) is 4.06. The minimum absolute atomic E-state index is 0.0572. The Morgan fingerprint density at radius 2 is 2.16 bits per heavy atom. The molecule has 0 saturated heterocycles. The predicted molar refractivity (Wildman–Crippen MR) is 77.9 cm³/mol. The first kappa shape index (κ1) is 12.3. The number of rotatable bonds is 3. The van der Waals surface area contributed by atoms with Gasteiger partial charge in [0.05, 0.1) is 10.6 Å². The number of carboxylic acid groups (broad SMARTS) is 1. The van der Waals surface area contributed by atoms with Gasteiger partial charge >= 0.3 is 5.97 Å². The standard InChI is InChI=1S/C14H10ClNO2S/c15-10-3-4-11-9(6-10)7-12(13-2-1-5-19-13)16(11)8-14(17)18/h1-7H,8H2,(H,17,18). The van der Waals surface area contributed by atoms with Crippen molar-refractivity contribution in [1.29, 1.82) is 0 Å². The zero-order valence-electron chi connectivity index (χ0n) is 9.84. The Kier molecular flexibility index (Phi) is 3.05. The van der Waals surface area contributed by atoms with E-state index in [1.807, 2.05) is 35.7 Å². The molecule has 0 amide bonds. The number of fused-ring (bicyclic) bond motifs is 1. The lowest BCUT2D eigenvalue weighted by Crippen LogP contribution is -2.09. The highest BCUT2D eigenvalue weighted by atomic mass is 35.5. The number of halogens is 1. The number of benzene rings is 1. The molecule has 0 spiro atoms. The molecular formula is C14H10ClNO2S. The molecule has 96 valence electrons. The molecule has 2 heterocycles. The van der Waals surface area contributed by atoms with Gasteiger partial charge in [-0.3, -0.25) is 4.79 Å². The number of carboxylic acids is 1. The molecule has 0 aliphatic carbocycles. The molecule has 0 fully saturated rings. The van der Waals surface area contributed by atoms with Crippen LogP contribution in [0.1, 0.15) is 0 Å². The topological polar surface area (TPSA) is 42.2 Å². The van der Waals surface area contributed by atoms with Crippen molar-refractivity contribution in [2.75, 3.05) is 0 Å². The maximum Gasteiger partial charge on any atom is 0.323 e. The van der Waals surface area contributed by atoms with E-state index in [2.05, 4.69) is 0 Å². The Labute approximate surface area is 118 Å². The van der Waals surface area contributed by atoms with Crippen molar-refractivity contribution >= 4 is 39.8 Å². The molecule has 3 aromatic rings. The molecule has 0 unspecified atom stereocenters. The molecule has 19 heavy (non-hydrogen) atoms. The van der Waals surface area contributed by atoms with E-state index in [-0.39, 0.29) is 6.54 Å². The largest absolute Gasteiger partial charge is 0.480 e. The number of thiophene rings is 1. The maximum atomic E-state index is 11.1. The first-order valence-electron chi connectivity index (χ1n) is 5.69. The quantitative estimate of drug-likeness (QED) is 0.789. The highest BCUT2D eigenvalue weighted by Crippen LogP contribution is 2.32. The third-order valence-electron chi connectivity index (χ3n) is 2.93. The van der Waals surface area contributed by atoms with Crippen LogP contribution in [0.4, 0.5) is 0 Å². The normalized spacial score (nSPS) is 11.0. The molecule has 5 heteroatoms. The van der Waals surface area contributed by atoms with E-state index in [0.29, 0.717) is 5.02 Å². The van der Waals surface area contributed by atoms with Crippen LogP contribution in [0.3, 0.4) is 0 Å². The van der Waals surface area contributed by atoms with E-state index >= 15 is 0 Å². The van der Waals surface area contributed by atoms with Gasteiger partial charge in [0.15, 0.2) is 0 Å². The second-order valence-electron chi connectivity index (χ2n) is 4.19. The van der Waals surface area contributed by atoms with Crippen LogP contribution < -0.4 is 0 Å². The van der Waals surface area contributed by atoms with E-state index in [1.54, 1.807) is 22.0 Å². The summed E-state index contributed by atoms with van der Waals surface area (Å²) in [5.74, 6) is -0.856. The summed E-state index contributed by atoms with van der Waals surface area (Å²) >= 11 is 7.58. The van der Waals surface area contributed by atoms with Gasteiger partial charge in [-0.15, -0.1) is 11.3 Å². The van der Waals surface area contributed by atoms with Gasteiger partial charge in [-0.2, -0.15) is 0 Å². The van der Waals surface area contributed by atoms with E-state index in [9.17, 15) is 4.79 Å². The summed E-state index contributed by atoms with van der Waals surface area (Å²) < 4.78 is 1.81. The van der Waals surface area contributed by atoms with Crippen molar-refractivity contribution in [2.24, 2.45) is 0 Å². The number of nitrogens with zero attached hydrogens (tertiary/aromatic N) is 1. The Balaban J connectivity index is 2.27. The van der Waals surface area contributed by atoms with Crippen LogP contribution in [0.25, 0.3) is 21.5 Å². The van der Waals surface area contributed by atoms with Crippen molar-refractivity contribution in [3.05, 3.63) is 46.8 Å². The average Bonchev–Trinajstić information content (AvgIpc) is 2.96. The molecule has 0 aliphatic rings. The summed E-state index contributed by atoms with van der Waals surface area (Å²) in [6.07, 6.45) is 0. The van der Waals surface area contributed by atoms with Gasteiger partial charge in [0.2, 0.25) is 0 Å². The second kappa shape index (κ2) is 4.72. The highest BCUT2D eigenvalue weighted by Gasteiger charge is 2.13. The Hall–Kier alpha value is -1.78. The summed E-state index contributed by atoms with van der Waals surface area (Å²) in [6, 6.07) is 11.4. The van der Waals surface area contributed by atoms with E-state index in [1.165, 1.54) is 0 Å². The summed E-state index contributed by atoms with van der Waals surface area (Å²) in [4.78, 5) is 12.1. The lowest BCUT2D eigenvalue weighted by atomic mass is 10.2. The minimum Gasteiger partial charge on any atom is -0.480 e. The van der Waals surface area contributed by atoms with Crippen LogP contribution >= 0.6 is 22.9 Å². The van der Waals surface area contributed by atoms with E-state index < -0.39 is 5.97 Å². The van der Waals surface area contributed by atoms with Gasteiger partial charge in [0.1, 0.15) is 6.54 Å². The van der Waals surface area contributed by atoms with Gasteiger partial charge in [-0.1, -0.05) is 17.7 Å². The fourth-order valence-corrected chi connectivity index (χ4v) is 3.11. The SMILES string of the molecule is O=C(O)Cn1c(-c2cccs2)cc2cc(Cl)ccc21. The van der Waals surface area contributed by atoms with Crippen molar-refractivity contribution < 1.29 is 9.90 Å². The Morgan fingerprint density at radius 3 is 2.84 bits per heavy atom. The van der Waals surface area contributed by atoms with Crippen LogP contribution in [0.2, 0.25) is 5.02 Å². The molecular weight excluding hydrogens is 282 g/mol. The lowest BCUT2D eigenvalue weighted by Gasteiger charge is -2.06. The van der Waals surface area contributed by atoms with Crippen LogP contribution in [0.15, 0.2) is 41.8 Å². The molecule has 0 saturated carbocycles. The second-order valence-corrected chi connectivity index (χ2v) is 5.57. The van der Waals surface area contributed by atoms with Crippen LogP contribution in [0, 0.1) is 0 Å². The van der Waals surface area contributed by atoms with Crippen LogP contribution in [0.5, 0.6) is 0 Å². The predicted octanol–water partition coefficient (Wildman–Crippen LogP) is 4.11. The van der Waals surface area contributed by atoms with E-state index in [4.69, 9.17) is 16.7 Å². The summed E-state index contributed by atoms with van der Waals surface area (Å²) in [5, 5.41) is 12.7. The molecule has 0 bridgehead atoms. The van der Waals surface area contributed by atoms with Crippen LogP contribution in [-0.4, -0.2) is 15.6 Å². The van der Waals surface area contributed by atoms with Gasteiger partial charge in [-0.05, 0) is 35.7 Å². The van der Waals surface area contributed by atoms with Crippen molar-refractivity contribution in [1.82, 2.24) is 4.57 Å². The third kappa shape index (κ3) is 2.25. The number of aliphatic carboxylic acids is 1. The van der Waals surface area contributed by atoms with Crippen molar-refractivity contribution in [2.45, 2.75) is 6.54 Å². The fourth-order valence-electron chi connectivity index (χ4n) is 2.18. The first-order valence-corrected chi connectivity index (χ1v) is 6.95. The highest BCUT2D eigenvalue weighted by molar-refractivity contribution is 7.13. The average molecular weight is 292 g/mol. The lowest BCUT2D eigenvalue weighted by molar-refractivity contribution is -0.137. The number of hydrogen-bond donors (Lipinski definition) is 1. The molecule has 2 aromatic heterocycles. The Bertz CT molecular complexity index is 746. The zero-order valence-corrected chi connectivity index (χ0v) is 11.4. The molecule has 1 aromatic carbocycles. The van der Waals surface area contributed by atoms with Crippen molar-refractivity contribution in [3.8, 4) is 10.6 Å². The monoisotopic (exact) mass is 291 g/mol. The molecule has 0 aliphatic heterocycles. The maximum absolute atomic E-state index is 11.1. The number of aromatic nitrogens is 1. The van der Waals surface area contributed by atoms with Crippen LogP contribution in [-0.2, 0) is 11.3 Å². The molecule has 0 radical (unpaired) electrons. The van der Waals surface area contributed by atoms with E-state index in [0.717, 1.165) is 21.5 Å². The van der Waals surface area contributed by atoms with Crippen molar-refractivity contribution in [3.63, 3.8) is 0 Å². The van der Waals surface area contributed by atoms with Gasteiger partial charge in [0, 0.05) is 15.9 Å². The molecule has 1 N–H and O–H groups in total. The molecule has 3 rings (SSSR count). The molecule has 3 nitrogen and oxygen atoms in total. The number of carbonyl (C=O) groups is 1. The summed E-state index contributed by atoms with van der Waals surface area (Å²) in [5.41, 5.74) is 1.80. The van der Waals surface area contributed by atoms with Gasteiger partial charge in [0.25, 0.3) is 0 Å². The smallest absolute Gasteiger partial charge is 0.323 e. The fraction of sp³-hybridized carbons (Fsp3) is 0.0714. The zero-order chi connectivity index (χ0) is 13.4. The summed E-state index contributed by atoms with van der Waals surface area (Å²) in [7, 11) is 0. The Morgan fingerprint density at radius 1 is 1.32 bits per heavy atom. The number of hydrogen-bond acceptors (Lipinski definition) is 2. The minimum atomic E-state index is -0.856.